The normalized spacial score (nSPS) is 22.4. The number of aryl methyl sites for hydroxylation is 1. The molecular formula is C16H26N2O. The minimum absolute atomic E-state index is 0.0995. The summed E-state index contributed by atoms with van der Waals surface area (Å²) in [7, 11) is 0. The van der Waals surface area contributed by atoms with Gasteiger partial charge in [0.2, 0.25) is 0 Å². The molecule has 1 fully saturated rings. The Hall–Kier alpha value is -0.900. The molecule has 2 rings (SSSR count). The Kier molecular flexibility index (Phi) is 5.37. The number of likely N-dealkylation sites (tertiary alicyclic amines) is 1. The molecular weight excluding hydrogens is 236 g/mol. The molecule has 1 aliphatic rings. The number of rotatable bonds is 5. The van der Waals surface area contributed by atoms with Gasteiger partial charge in [0, 0.05) is 18.6 Å². The minimum Gasteiger partial charge on any atom is -0.395 e. The van der Waals surface area contributed by atoms with Crippen molar-refractivity contribution >= 4 is 0 Å². The molecule has 0 aromatic heterocycles. The lowest BCUT2D eigenvalue weighted by atomic mass is 9.97. The smallest absolute Gasteiger partial charge is 0.0586 e. The number of nitrogens with two attached hydrogens (primary N) is 1. The van der Waals surface area contributed by atoms with Crippen molar-refractivity contribution in [3.63, 3.8) is 0 Å². The van der Waals surface area contributed by atoms with Crippen molar-refractivity contribution in [2.75, 3.05) is 19.7 Å². The topological polar surface area (TPSA) is 49.5 Å². The summed E-state index contributed by atoms with van der Waals surface area (Å²) in [4.78, 5) is 2.40. The van der Waals surface area contributed by atoms with Crippen molar-refractivity contribution in [2.45, 2.75) is 44.7 Å². The molecule has 106 valence electrons. The summed E-state index contributed by atoms with van der Waals surface area (Å²) in [5, 5.41) is 9.41. The zero-order valence-electron chi connectivity index (χ0n) is 11.9. The van der Waals surface area contributed by atoms with Gasteiger partial charge in [-0.2, -0.15) is 0 Å². The zero-order chi connectivity index (χ0) is 13.7. The number of aliphatic hydroxyl groups is 1. The maximum atomic E-state index is 9.41. The summed E-state index contributed by atoms with van der Waals surface area (Å²) in [6, 6.07) is 8.80. The van der Waals surface area contributed by atoms with Gasteiger partial charge in [0.05, 0.1) is 6.61 Å². The van der Waals surface area contributed by atoms with Crippen LogP contribution in [0.4, 0.5) is 0 Å². The maximum Gasteiger partial charge on any atom is 0.0586 e. The molecule has 0 amide bonds. The highest BCUT2D eigenvalue weighted by Crippen LogP contribution is 2.21. The first kappa shape index (κ1) is 14.5. The number of benzene rings is 1. The van der Waals surface area contributed by atoms with Crippen LogP contribution in [0.15, 0.2) is 24.3 Å². The van der Waals surface area contributed by atoms with Gasteiger partial charge in [0.25, 0.3) is 0 Å². The summed E-state index contributed by atoms with van der Waals surface area (Å²) in [5.41, 5.74) is 8.83. The SMILES string of the molecule is Cc1ccccc1C(N)CCN1CCCCC1CO. The van der Waals surface area contributed by atoms with Crippen LogP contribution in [0, 0.1) is 6.92 Å². The van der Waals surface area contributed by atoms with Crippen molar-refractivity contribution in [3.05, 3.63) is 35.4 Å². The van der Waals surface area contributed by atoms with E-state index in [2.05, 4.69) is 36.1 Å². The molecule has 2 unspecified atom stereocenters. The van der Waals surface area contributed by atoms with E-state index in [0.717, 1.165) is 25.9 Å². The van der Waals surface area contributed by atoms with Crippen LogP contribution in [0.5, 0.6) is 0 Å². The van der Waals surface area contributed by atoms with Gasteiger partial charge in [-0.05, 0) is 43.9 Å². The highest BCUT2D eigenvalue weighted by molar-refractivity contribution is 5.28. The van der Waals surface area contributed by atoms with E-state index in [1.54, 1.807) is 0 Å². The first-order chi connectivity index (χ1) is 9.22. The number of piperidine rings is 1. The first-order valence-electron chi connectivity index (χ1n) is 7.38. The Labute approximate surface area is 116 Å². The molecule has 3 nitrogen and oxygen atoms in total. The summed E-state index contributed by atoms with van der Waals surface area (Å²) in [5.74, 6) is 0. The average molecular weight is 262 g/mol. The Morgan fingerprint density at radius 1 is 1.37 bits per heavy atom. The van der Waals surface area contributed by atoms with Crippen molar-refractivity contribution in [2.24, 2.45) is 5.73 Å². The molecule has 1 aromatic carbocycles. The second-order valence-electron chi connectivity index (χ2n) is 5.62. The fourth-order valence-corrected chi connectivity index (χ4v) is 3.02. The Balaban J connectivity index is 1.89. The van der Waals surface area contributed by atoms with Crippen LogP contribution < -0.4 is 5.73 Å². The van der Waals surface area contributed by atoms with Gasteiger partial charge in [-0.25, -0.2) is 0 Å². The molecule has 1 heterocycles. The van der Waals surface area contributed by atoms with Gasteiger partial charge in [-0.1, -0.05) is 30.7 Å². The first-order valence-corrected chi connectivity index (χ1v) is 7.38. The highest BCUT2D eigenvalue weighted by Gasteiger charge is 2.22. The van der Waals surface area contributed by atoms with Crippen LogP contribution in [0.2, 0.25) is 0 Å². The third-order valence-electron chi connectivity index (χ3n) is 4.28. The lowest BCUT2D eigenvalue weighted by Crippen LogP contribution is -2.42. The Morgan fingerprint density at radius 3 is 2.89 bits per heavy atom. The Bertz CT molecular complexity index is 394. The average Bonchev–Trinajstić information content (AvgIpc) is 2.45. The minimum atomic E-state index is 0.0995. The van der Waals surface area contributed by atoms with Gasteiger partial charge in [-0.3, -0.25) is 4.90 Å². The summed E-state index contributed by atoms with van der Waals surface area (Å²) < 4.78 is 0. The van der Waals surface area contributed by atoms with Crippen LogP contribution in [0.1, 0.15) is 42.9 Å². The number of aliphatic hydroxyl groups excluding tert-OH is 1. The van der Waals surface area contributed by atoms with E-state index in [1.165, 1.54) is 24.0 Å². The largest absolute Gasteiger partial charge is 0.395 e. The standard InChI is InChI=1S/C16H26N2O/c1-13-6-2-3-8-15(13)16(17)9-11-18-10-5-4-7-14(18)12-19/h2-3,6,8,14,16,19H,4-5,7,9-12,17H2,1H3. The summed E-state index contributed by atoms with van der Waals surface area (Å²) in [6.45, 7) is 4.48. The molecule has 1 saturated heterocycles. The van der Waals surface area contributed by atoms with Crippen LogP contribution in [-0.2, 0) is 0 Å². The van der Waals surface area contributed by atoms with Crippen LogP contribution in [0.3, 0.4) is 0 Å². The van der Waals surface area contributed by atoms with Crippen LogP contribution in [0.25, 0.3) is 0 Å². The zero-order valence-corrected chi connectivity index (χ0v) is 11.9. The van der Waals surface area contributed by atoms with Gasteiger partial charge in [0.15, 0.2) is 0 Å². The van der Waals surface area contributed by atoms with E-state index >= 15 is 0 Å². The fourth-order valence-electron chi connectivity index (χ4n) is 3.02. The molecule has 0 bridgehead atoms. The highest BCUT2D eigenvalue weighted by atomic mass is 16.3. The molecule has 1 aliphatic heterocycles. The number of hydrogen-bond acceptors (Lipinski definition) is 3. The molecule has 0 radical (unpaired) electrons. The molecule has 1 aromatic rings. The maximum absolute atomic E-state index is 9.41. The van der Waals surface area contributed by atoms with E-state index in [4.69, 9.17) is 5.73 Å². The van der Waals surface area contributed by atoms with E-state index < -0.39 is 0 Å². The lowest BCUT2D eigenvalue weighted by molar-refractivity contribution is 0.0875. The molecule has 0 aliphatic carbocycles. The van der Waals surface area contributed by atoms with Gasteiger partial charge >= 0.3 is 0 Å². The number of nitrogens with zero attached hydrogens (tertiary/aromatic N) is 1. The van der Waals surface area contributed by atoms with Crippen molar-refractivity contribution < 1.29 is 5.11 Å². The Morgan fingerprint density at radius 2 is 2.16 bits per heavy atom. The van der Waals surface area contributed by atoms with Crippen LogP contribution >= 0.6 is 0 Å². The van der Waals surface area contributed by atoms with Crippen LogP contribution in [-0.4, -0.2) is 35.7 Å². The van der Waals surface area contributed by atoms with E-state index in [1.807, 2.05) is 0 Å². The molecule has 3 N–H and O–H groups in total. The van der Waals surface area contributed by atoms with E-state index in [9.17, 15) is 5.11 Å². The molecule has 19 heavy (non-hydrogen) atoms. The second kappa shape index (κ2) is 7.04. The van der Waals surface area contributed by atoms with E-state index in [0.29, 0.717) is 6.04 Å². The lowest BCUT2D eigenvalue weighted by Gasteiger charge is -2.35. The predicted molar refractivity (Wildman–Crippen MR) is 79.0 cm³/mol. The van der Waals surface area contributed by atoms with E-state index in [-0.39, 0.29) is 12.6 Å². The van der Waals surface area contributed by atoms with Crippen molar-refractivity contribution in [3.8, 4) is 0 Å². The van der Waals surface area contributed by atoms with Crippen molar-refractivity contribution in [1.82, 2.24) is 4.90 Å². The predicted octanol–water partition coefficient (Wildman–Crippen LogP) is 2.23. The van der Waals surface area contributed by atoms with Crippen molar-refractivity contribution in [1.29, 1.82) is 0 Å². The van der Waals surface area contributed by atoms with Gasteiger partial charge < -0.3 is 10.8 Å². The fraction of sp³-hybridized carbons (Fsp3) is 0.625. The summed E-state index contributed by atoms with van der Waals surface area (Å²) in [6.07, 6.45) is 4.57. The number of hydrogen-bond donors (Lipinski definition) is 2. The monoisotopic (exact) mass is 262 g/mol. The van der Waals surface area contributed by atoms with Gasteiger partial charge in [-0.15, -0.1) is 0 Å². The molecule has 0 saturated carbocycles. The van der Waals surface area contributed by atoms with Gasteiger partial charge in [0.1, 0.15) is 0 Å². The third kappa shape index (κ3) is 3.78. The quantitative estimate of drug-likeness (QED) is 0.855. The second-order valence-corrected chi connectivity index (χ2v) is 5.62. The molecule has 0 spiro atoms. The molecule has 2 atom stereocenters. The summed E-state index contributed by atoms with van der Waals surface area (Å²) >= 11 is 0. The third-order valence-corrected chi connectivity index (χ3v) is 4.28. The molecule has 3 heteroatoms.